The minimum absolute atomic E-state index is 0.0130. The second-order valence-electron chi connectivity index (χ2n) is 12.7. The van der Waals surface area contributed by atoms with Gasteiger partial charge in [-0.15, -0.1) is 11.8 Å². The van der Waals surface area contributed by atoms with Crippen LogP contribution in [-0.4, -0.2) is 34.6 Å². The van der Waals surface area contributed by atoms with E-state index in [1.165, 1.54) is 16.2 Å². The first-order valence-corrected chi connectivity index (χ1v) is 17.5. The summed E-state index contributed by atoms with van der Waals surface area (Å²) >= 11 is 2.89. The first kappa shape index (κ1) is 28.5. The minimum Gasteiger partial charge on any atom is -0.484 e. The Kier molecular flexibility index (Phi) is 6.65. The predicted octanol–water partition coefficient (Wildman–Crippen LogP) is 6.29. The van der Waals surface area contributed by atoms with Gasteiger partial charge in [-0.1, -0.05) is 78.1 Å². The number of hydrogen-bond donors (Lipinski definition) is 2. The van der Waals surface area contributed by atoms with Crippen molar-refractivity contribution in [1.29, 1.82) is 0 Å². The van der Waals surface area contributed by atoms with Crippen LogP contribution >= 0.6 is 23.1 Å². The summed E-state index contributed by atoms with van der Waals surface area (Å²) in [5.41, 5.74) is 2.33. The second kappa shape index (κ2) is 11.0. The predicted molar refractivity (Wildman–Crippen MR) is 182 cm³/mol. The van der Waals surface area contributed by atoms with Crippen molar-refractivity contribution in [2.45, 2.75) is 22.6 Å². The Balaban J connectivity index is 1.00. The molecule has 1 aromatic heterocycles. The number of imide groups is 1. The van der Waals surface area contributed by atoms with E-state index >= 15 is 0 Å². The summed E-state index contributed by atoms with van der Waals surface area (Å²) in [5, 5.41) is 5.92. The normalized spacial score (nSPS) is 27.1. The van der Waals surface area contributed by atoms with Crippen molar-refractivity contribution in [2.75, 3.05) is 16.8 Å². The van der Waals surface area contributed by atoms with Crippen molar-refractivity contribution in [1.82, 2.24) is 4.98 Å². The number of nitrogens with one attached hydrogen (secondary N) is 2. The van der Waals surface area contributed by atoms with Crippen LogP contribution in [0.3, 0.4) is 0 Å². The van der Waals surface area contributed by atoms with Crippen molar-refractivity contribution < 1.29 is 19.1 Å². The molecule has 2 aliphatic carbocycles. The number of aromatic amines is 1. The Morgan fingerprint density at radius 2 is 1.62 bits per heavy atom. The molecular formula is C37H29N3O5S2. The first-order chi connectivity index (χ1) is 23.0. The lowest BCUT2D eigenvalue weighted by Crippen LogP contribution is -2.42. The fraction of sp³-hybridized carbons (Fsp3) is 0.243. The van der Waals surface area contributed by atoms with Gasteiger partial charge in [0.25, 0.3) is 5.91 Å². The van der Waals surface area contributed by atoms with Gasteiger partial charge in [-0.2, -0.15) is 0 Å². The van der Waals surface area contributed by atoms with E-state index in [2.05, 4.69) is 10.3 Å². The number of fused-ring (bicyclic) bond motifs is 10. The number of benzene rings is 4. The lowest BCUT2D eigenvalue weighted by molar-refractivity contribution is -0.123. The van der Waals surface area contributed by atoms with Gasteiger partial charge in [0.05, 0.1) is 22.5 Å². The zero-order valence-corrected chi connectivity index (χ0v) is 26.6. The number of carbonyl (C=O) groups is 3. The van der Waals surface area contributed by atoms with Gasteiger partial charge in [0.1, 0.15) is 5.75 Å². The molecular weight excluding hydrogens is 631 g/mol. The molecule has 5 aromatic rings. The van der Waals surface area contributed by atoms with E-state index in [-0.39, 0.29) is 70.0 Å². The first-order valence-electron chi connectivity index (χ1n) is 15.8. The van der Waals surface area contributed by atoms with Crippen molar-refractivity contribution in [3.05, 3.63) is 117 Å². The van der Waals surface area contributed by atoms with E-state index in [1.807, 2.05) is 97.1 Å². The molecule has 2 saturated carbocycles. The second-order valence-corrected chi connectivity index (χ2v) is 14.9. The Morgan fingerprint density at radius 3 is 2.47 bits per heavy atom. The van der Waals surface area contributed by atoms with Crippen molar-refractivity contribution in [3.8, 4) is 5.75 Å². The van der Waals surface area contributed by atoms with Gasteiger partial charge in [-0.05, 0) is 65.5 Å². The summed E-state index contributed by atoms with van der Waals surface area (Å²) in [6, 6.07) is 30.6. The van der Waals surface area contributed by atoms with Crippen LogP contribution in [0.5, 0.6) is 5.75 Å². The molecule has 234 valence electrons. The number of para-hydroxylation sites is 1. The summed E-state index contributed by atoms with van der Waals surface area (Å²) in [6.45, 7) is -0.164. The topological polar surface area (TPSA) is 109 Å². The van der Waals surface area contributed by atoms with Gasteiger partial charge >= 0.3 is 4.87 Å². The van der Waals surface area contributed by atoms with Crippen LogP contribution in [0.4, 0.5) is 11.4 Å². The van der Waals surface area contributed by atoms with Crippen molar-refractivity contribution >= 4 is 63.0 Å². The minimum atomic E-state index is -0.369. The number of nitrogens with zero attached hydrogens (tertiary/aromatic N) is 1. The molecule has 7 atom stereocenters. The fourth-order valence-electron chi connectivity index (χ4n) is 8.69. The Morgan fingerprint density at radius 1 is 0.872 bits per heavy atom. The van der Waals surface area contributed by atoms with Crippen LogP contribution in [0.15, 0.2) is 107 Å². The molecule has 0 spiro atoms. The maximum Gasteiger partial charge on any atom is 0.305 e. The van der Waals surface area contributed by atoms with Crippen LogP contribution in [-0.2, 0) is 14.4 Å². The average Bonchev–Trinajstić information content (AvgIpc) is 3.83. The van der Waals surface area contributed by atoms with E-state index in [0.29, 0.717) is 11.4 Å². The van der Waals surface area contributed by atoms with Crippen molar-refractivity contribution in [2.24, 2.45) is 29.6 Å². The molecule has 47 heavy (non-hydrogen) atoms. The van der Waals surface area contributed by atoms with E-state index in [0.717, 1.165) is 38.3 Å². The smallest absolute Gasteiger partial charge is 0.305 e. The lowest BCUT2D eigenvalue weighted by atomic mass is 9.68. The average molecular weight is 660 g/mol. The number of rotatable bonds is 6. The van der Waals surface area contributed by atoms with E-state index in [9.17, 15) is 19.2 Å². The highest BCUT2D eigenvalue weighted by Crippen LogP contribution is 2.68. The van der Waals surface area contributed by atoms with Crippen LogP contribution < -0.4 is 19.8 Å². The van der Waals surface area contributed by atoms with Crippen LogP contribution in [0.2, 0.25) is 0 Å². The van der Waals surface area contributed by atoms with Crippen LogP contribution in [0.25, 0.3) is 10.8 Å². The molecule has 4 aromatic carbocycles. The molecule has 9 rings (SSSR count). The summed E-state index contributed by atoms with van der Waals surface area (Å²) in [6.07, 6.45) is 0.817. The zero-order valence-electron chi connectivity index (χ0n) is 25.0. The Labute approximate surface area is 278 Å². The van der Waals surface area contributed by atoms with Crippen molar-refractivity contribution in [3.63, 3.8) is 0 Å². The molecule has 0 radical (unpaired) electrons. The molecule has 1 saturated heterocycles. The van der Waals surface area contributed by atoms with Gasteiger partial charge in [-0.25, -0.2) is 0 Å². The zero-order chi connectivity index (χ0) is 31.8. The number of thioether (sulfide) groups is 1. The maximum absolute atomic E-state index is 13.9. The molecule has 2 bridgehead atoms. The highest BCUT2D eigenvalue weighted by Gasteiger charge is 2.69. The number of H-pyrrole nitrogens is 1. The number of carbonyl (C=O) groups excluding carboxylic acids is 3. The van der Waals surface area contributed by atoms with Gasteiger partial charge in [0.15, 0.2) is 6.61 Å². The number of anilines is 2. The SMILES string of the molecule is O=C(COc1cccc([C@H]2c3sc(=O)[nH]c3SC3C4CC(C5C(=O)N(c6ccccc6)C(=O)C45)C32)c1)Nc1cccc2ccccc12. The fourth-order valence-corrected chi connectivity index (χ4v) is 11.6. The third kappa shape index (κ3) is 4.49. The van der Waals surface area contributed by atoms with Gasteiger partial charge in [-0.3, -0.25) is 24.1 Å². The number of hydrogen-bond acceptors (Lipinski definition) is 7. The number of aromatic nitrogens is 1. The quantitative estimate of drug-likeness (QED) is 0.208. The summed E-state index contributed by atoms with van der Waals surface area (Å²) in [5.74, 6) is -0.646. The third-order valence-electron chi connectivity index (χ3n) is 10.4. The van der Waals surface area contributed by atoms with Crippen LogP contribution in [0.1, 0.15) is 22.8 Å². The summed E-state index contributed by atoms with van der Waals surface area (Å²) < 4.78 is 6.02. The van der Waals surface area contributed by atoms with Gasteiger partial charge in [0, 0.05) is 27.1 Å². The van der Waals surface area contributed by atoms with E-state index in [1.54, 1.807) is 11.8 Å². The molecule has 3 fully saturated rings. The Hall–Kier alpha value is -4.67. The van der Waals surface area contributed by atoms with Gasteiger partial charge in [0.2, 0.25) is 11.8 Å². The molecule has 8 nitrogen and oxygen atoms in total. The number of thiazole rings is 1. The lowest BCUT2D eigenvalue weighted by Gasteiger charge is -2.43. The van der Waals surface area contributed by atoms with Crippen LogP contribution in [0, 0.1) is 29.6 Å². The van der Waals surface area contributed by atoms with Gasteiger partial charge < -0.3 is 15.0 Å². The standard InChI is InChI=1S/C37H29N3O5S2/c41-27(38-26-15-7-9-19-8-4-5-14-23(19)26)18-45-22-13-6-10-20(16-22)28-29-24-17-25(32(29)46-34-33(28)47-37(44)39-34)31-30(24)35(42)40(36(31)43)21-11-2-1-3-12-21/h1-16,24-25,28-32H,17-18H2,(H,38,41)(H,39,44)/t24?,25?,28-,29?,30?,31?,32?/m1/s1. The molecule has 4 aliphatic rings. The maximum atomic E-state index is 13.9. The largest absolute Gasteiger partial charge is 0.484 e. The highest BCUT2D eigenvalue weighted by molar-refractivity contribution is 8.00. The molecule has 3 amide bonds. The molecule has 6 unspecified atom stereocenters. The number of amides is 3. The molecule has 2 N–H and O–H groups in total. The Bertz CT molecular complexity index is 2140. The molecule has 2 aliphatic heterocycles. The summed E-state index contributed by atoms with van der Waals surface area (Å²) in [4.78, 5) is 58.7. The summed E-state index contributed by atoms with van der Waals surface area (Å²) in [7, 11) is 0. The number of ether oxygens (including phenoxy) is 1. The van der Waals surface area contributed by atoms with E-state index < -0.39 is 0 Å². The molecule has 10 heteroatoms. The highest BCUT2D eigenvalue weighted by atomic mass is 32.2. The third-order valence-corrected chi connectivity index (χ3v) is 13.0. The monoisotopic (exact) mass is 659 g/mol. The van der Waals surface area contributed by atoms with E-state index in [4.69, 9.17) is 4.74 Å². The molecule has 3 heterocycles.